The number of hydrogen-bond acceptors (Lipinski definition) is 1. The van der Waals surface area contributed by atoms with Crippen LogP contribution in [-0.4, -0.2) is 11.7 Å². The lowest BCUT2D eigenvalue weighted by Crippen LogP contribution is -2.61. The van der Waals surface area contributed by atoms with Gasteiger partial charge in [0.1, 0.15) is 5.78 Å². The molecule has 0 bridgehead atoms. The first-order chi connectivity index (χ1) is 10.7. The summed E-state index contributed by atoms with van der Waals surface area (Å²) in [6.45, 7) is 6.02. The summed E-state index contributed by atoms with van der Waals surface area (Å²) in [5, 5.41) is 0. The minimum absolute atomic E-state index is 0.0596. The van der Waals surface area contributed by atoms with Crippen molar-refractivity contribution in [2.75, 3.05) is 0 Å². The van der Waals surface area contributed by atoms with Gasteiger partial charge in [0, 0.05) is 23.7 Å². The average molecular weight is 324 g/mol. The van der Waals surface area contributed by atoms with Crippen LogP contribution >= 0.6 is 0 Å². The Balaban J connectivity index is 1.71. The number of carbonyl (C=O) groups excluding carboxylic acids is 1. The van der Waals surface area contributed by atoms with Crippen LogP contribution in [0.5, 0.6) is 0 Å². The molecule has 0 aromatic rings. The second-order valence-corrected chi connectivity index (χ2v) is 9.60. The maximum atomic E-state index is 15.2. The average Bonchev–Trinajstić information content (AvgIpc) is 2.76. The molecule has 0 spiro atoms. The second-order valence-electron chi connectivity index (χ2n) is 9.60. The zero-order chi connectivity index (χ0) is 16.6. The SMILES string of the molecule is C[C@@H]1CC2CC[C@@H]3[C@H](CC[C@]4(C)C(=O)CC[C@@H]34)[C@@]2(C)C(F)(F)C1. The molecule has 1 nitrogen and oxygen atoms in total. The molecule has 1 unspecified atom stereocenters. The molecule has 0 amide bonds. The van der Waals surface area contributed by atoms with Gasteiger partial charge in [0.15, 0.2) is 0 Å². The highest BCUT2D eigenvalue weighted by Gasteiger charge is 2.67. The molecule has 7 atom stereocenters. The van der Waals surface area contributed by atoms with Crippen LogP contribution in [0.1, 0.15) is 72.1 Å². The fourth-order valence-electron chi connectivity index (χ4n) is 7.36. The summed E-state index contributed by atoms with van der Waals surface area (Å²) in [7, 11) is 0. The molecule has 0 aliphatic heterocycles. The Morgan fingerprint density at radius 3 is 2.52 bits per heavy atom. The number of halogens is 2. The van der Waals surface area contributed by atoms with Crippen LogP contribution in [0.25, 0.3) is 0 Å². The Morgan fingerprint density at radius 1 is 1.04 bits per heavy atom. The highest BCUT2D eigenvalue weighted by Crippen LogP contribution is 2.69. The first kappa shape index (κ1) is 16.0. The lowest BCUT2D eigenvalue weighted by Gasteiger charge is -2.62. The van der Waals surface area contributed by atoms with Crippen LogP contribution in [0, 0.1) is 40.4 Å². The second kappa shape index (κ2) is 4.79. The molecule has 3 heteroatoms. The van der Waals surface area contributed by atoms with Crippen LogP contribution in [0.4, 0.5) is 8.78 Å². The van der Waals surface area contributed by atoms with Gasteiger partial charge in [0.2, 0.25) is 0 Å². The Hall–Kier alpha value is -0.470. The molecular weight excluding hydrogens is 294 g/mol. The quantitative estimate of drug-likeness (QED) is 0.576. The van der Waals surface area contributed by atoms with E-state index >= 15 is 8.78 Å². The summed E-state index contributed by atoms with van der Waals surface area (Å²) in [6.07, 6.45) is 6.34. The highest BCUT2D eigenvalue weighted by atomic mass is 19.3. The molecule has 4 aliphatic carbocycles. The van der Waals surface area contributed by atoms with Crippen molar-refractivity contribution in [3.63, 3.8) is 0 Å². The number of ketones is 1. The monoisotopic (exact) mass is 324 g/mol. The van der Waals surface area contributed by atoms with Crippen molar-refractivity contribution < 1.29 is 13.6 Å². The summed E-state index contributed by atoms with van der Waals surface area (Å²) in [5.41, 5.74) is -1.04. The van der Waals surface area contributed by atoms with E-state index in [1.165, 1.54) is 0 Å². The number of rotatable bonds is 0. The number of hydrogen-bond donors (Lipinski definition) is 0. The molecule has 130 valence electrons. The van der Waals surface area contributed by atoms with Gasteiger partial charge in [-0.15, -0.1) is 0 Å². The van der Waals surface area contributed by atoms with Crippen LogP contribution in [-0.2, 0) is 4.79 Å². The van der Waals surface area contributed by atoms with E-state index in [1.807, 2.05) is 13.8 Å². The van der Waals surface area contributed by atoms with Gasteiger partial charge in [0.25, 0.3) is 5.92 Å². The third-order valence-electron chi connectivity index (χ3n) is 8.69. The van der Waals surface area contributed by atoms with Crippen molar-refractivity contribution in [2.24, 2.45) is 40.4 Å². The van der Waals surface area contributed by atoms with Crippen LogP contribution in [0.2, 0.25) is 0 Å². The molecule has 0 radical (unpaired) electrons. The largest absolute Gasteiger partial charge is 0.299 e. The van der Waals surface area contributed by atoms with Gasteiger partial charge in [-0.1, -0.05) is 20.8 Å². The van der Waals surface area contributed by atoms with E-state index in [2.05, 4.69) is 6.92 Å². The number of carbonyl (C=O) groups is 1. The highest BCUT2D eigenvalue weighted by molar-refractivity contribution is 5.87. The van der Waals surface area contributed by atoms with Crippen LogP contribution in [0.3, 0.4) is 0 Å². The first-order valence-corrected chi connectivity index (χ1v) is 9.61. The number of alkyl halides is 2. The van der Waals surface area contributed by atoms with E-state index in [1.54, 1.807) is 0 Å². The van der Waals surface area contributed by atoms with Crippen LogP contribution < -0.4 is 0 Å². The molecule has 0 N–H and O–H groups in total. The van der Waals surface area contributed by atoms with Gasteiger partial charge >= 0.3 is 0 Å². The Labute approximate surface area is 138 Å². The standard InChI is InChI=1S/C20H30F2O/c1-12-10-13-4-5-14-15-6-7-17(23)18(15,2)9-8-16(14)19(13,3)20(21,22)11-12/h12-16H,4-11H2,1-3H3/t12-,13?,14+,15+,16+,18+,19+/m1/s1. The van der Waals surface area contributed by atoms with Gasteiger partial charge < -0.3 is 0 Å². The fraction of sp³-hybridized carbons (Fsp3) is 0.950. The molecule has 4 fully saturated rings. The molecule has 4 aliphatic rings. The summed E-state index contributed by atoms with van der Waals surface area (Å²) >= 11 is 0. The predicted octanol–water partition coefficient (Wildman–Crippen LogP) is 5.48. The van der Waals surface area contributed by atoms with Gasteiger partial charge in [-0.25, -0.2) is 8.78 Å². The molecule has 23 heavy (non-hydrogen) atoms. The topological polar surface area (TPSA) is 17.1 Å². The van der Waals surface area contributed by atoms with Gasteiger partial charge in [-0.2, -0.15) is 0 Å². The van der Waals surface area contributed by atoms with E-state index in [-0.39, 0.29) is 29.6 Å². The maximum Gasteiger partial charge on any atom is 0.254 e. The van der Waals surface area contributed by atoms with Crippen molar-refractivity contribution >= 4 is 5.78 Å². The van der Waals surface area contributed by atoms with Gasteiger partial charge in [-0.3, -0.25) is 4.79 Å². The molecule has 0 aromatic carbocycles. The Morgan fingerprint density at radius 2 is 1.78 bits per heavy atom. The lowest BCUT2D eigenvalue weighted by molar-refractivity contribution is -0.245. The summed E-state index contributed by atoms with van der Waals surface area (Å²) in [4.78, 5) is 12.4. The Bertz CT molecular complexity index is 530. The van der Waals surface area contributed by atoms with Gasteiger partial charge in [-0.05, 0) is 68.1 Å². The predicted molar refractivity (Wildman–Crippen MR) is 86.2 cm³/mol. The normalized spacial score (nSPS) is 55.0. The third kappa shape index (κ3) is 1.91. The molecule has 0 saturated heterocycles. The molecule has 0 aromatic heterocycles. The lowest BCUT2D eigenvalue weighted by atomic mass is 9.43. The minimum atomic E-state index is -2.55. The van der Waals surface area contributed by atoms with E-state index in [0.717, 1.165) is 38.5 Å². The fourth-order valence-corrected chi connectivity index (χ4v) is 7.36. The summed E-state index contributed by atoms with van der Waals surface area (Å²) in [5.74, 6) is -1.01. The van der Waals surface area contributed by atoms with Crippen molar-refractivity contribution in [3.8, 4) is 0 Å². The van der Waals surface area contributed by atoms with E-state index in [0.29, 0.717) is 24.0 Å². The van der Waals surface area contributed by atoms with E-state index in [9.17, 15) is 4.79 Å². The molecule has 0 heterocycles. The van der Waals surface area contributed by atoms with E-state index < -0.39 is 11.3 Å². The minimum Gasteiger partial charge on any atom is -0.299 e. The van der Waals surface area contributed by atoms with Crippen molar-refractivity contribution in [1.82, 2.24) is 0 Å². The van der Waals surface area contributed by atoms with E-state index in [4.69, 9.17) is 0 Å². The first-order valence-electron chi connectivity index (χ1n) is 9.61. The molecule has 4 saturated carbocycles. The van der Waals surface area contributed by atoms with Crippen molar-refractivity contribution in [2.45, 2.75) is 78.1 Å². The zero-order valence-electron chi connectivity index (χ0n) is 14.7. The molecular formula is C20H30F2O. The summed E-state index contributed by atoms with van der Waals surface area (Å²) in [6, 6.07) is 0. The third-order valence-corrected chi connectivity index (χ3v) is 8.69. The van der Waals surface area contributed by atoms with Crippen molar-refractivity contribution in [1.29, 1.82) is 0 Å². The van der Waals surface area contributed by atoms with Crippen LogP contribution in [0.15, 0.2) is 0 Å². The Kier molecular flexibility index (Phi) is 3.34. The maximum absolute atomic E-state index is 15.2. The van der Waals surface area contributed by atoms with Crippen molar-refractivity contribution in [3.05, 3.63) is 0 Å². The number of Topliss-reactive ketones (excluding diaryl/α,β-unsaturated/α-hetero) is 1. The smallest absolute Gasteiger partial charge is 0.254 e. The number of fused-ring (bicyclic) bond motifs is 5. The molecule has 4 rings (SSSR count). The van der Waals surface area contributed by atoms with Gasteiger partial charge in [0.05, 0.1) is 0 Å². The summed E-state index contributed by atoms with van der Waals surface area (Å²) < 4.78 is 30.4. The zero-order valence-corrected chi connectivity index (χ0v) is 14.7.